The van der Waals surface area contributed by atoms with Gasteiger partial charge in [0, 0.05) is 13.7 Å². The molecule has 0 aromatic heterocycles. The average molecular weight is 172 g/mol. The number of aliphatic hydroxyl groups is 1. The van der Waals surface area contributed by atoms with E-state index < -0.39 is 5.60 Å². The van der Waals surface area contributed by atoms with Gasteiger partial charge in [0.15, 0.2) is 0 Å². The Kier molecular flexibility index (Phi) is 3.53. The normalized spacial score (nSPS) is 36.8. The van der Waals surface area contributed by atoms with Crippen molar-refractivity contribution in [1.29, 1.82) is 0 Å². The van der Waals surface area contributed by atoms with E-state index in [1.807, 2.05) is 0 Å². The van der Waals surface area contributed by atoms with Gasteiger partial charge in [-0.3, -0.25) is 0 Å². The minimum absolute atomic E-state index is 0.436. The van der Waals surface area contributed by atoms with Gasteiger partial charge in [-0.15, -0.1) is 0 Å². The van der Waals surface area contributed by atoms with Crippen LogP contribution in [0.3, 0.4) is 0 Å². The molecule has 0 radical (unpaired) electrons. The Bertz CT molecular complexity index is 136. The van der Waals surface area contributed by atoms with E-state index >= 15 is 0 Å². The summed E-state index contributed by atoms with van der Waals surface area (Å²) in [5, 5.41) is 10.2. The Morgan fingerprint density at radius 3 is 2.83 bits per heavy atom. The molecular weight excluding hydrogens is 152 g/mol. The van der Waals surface area contributed by atoms with Crippen molar-refractivity contribution in [2.75, 3.05) is 13.7 Å². The molecule has 0 aromatic rings. The van der Waals surface area contributed by atoms with Crippen molar-refractivity contribution in [3.8, 4) is 0 Å². The number of hydrogen-bond donors (Lipinski definition) is 1. The summed E-state index contributed by atoms with van der Waals surface area (Å²) in [6.07, 6.45) is 5.36. The molecule has 0 saturated heterocycles. The summed E-state index contributed by atoms with van der Waals surface area (Å²) in [7, 11) is 1.69. The zero-order valence-electron chi connectivity index (χ0n) is 8.18. The predicted molar refractivity (Wildman–Crippen MR) is 49.1 cm³/mol. The van der Waals surface area contributed by atoms with Crippen LogP contribution >= 0.6 is 0 Å². The van der Waals surface area contributed by atoms with E-state index in [0.29, 0.717) is 12.5 Å². The van der Waals surface area contributed by atoms with Crippen LogP contribution in [-0.2, 0) is 4.74 Å². The van der Waals surface area contributed by atoms with Crippen molar-refractivity contribution in [2.45, 2.75) is 44.6 Å². The van der Waals surface area contributed by atoms with Crippen molar-refractivity contribution in [3.63, 3.8) is 0 Å². The van der Waals surface area contributed by atoms with Gasteiger partial charge in [-0.25, -0.2) is 0 Å². The number of methoxy groups -OCH3 is 1. The average Bonchev–Trinajstić information content (AvgIpc) is 2.07. The monoisotopic (exact) mass is 172 g/mol. The van der Waals surface area contributed by atoms with Crippen molar-refractivity contribution >= 4 is 0 Å². The first-order valence-corrected chi connectivity index (χ1v) is 4.90. The summed E-state index contributed by atoms with van der Waals surface area (Å²) in [4.78, 5) is 0. The van der Waals surface area contributed by atoms with E-state index in [1.54, 1.807) is 7.11 Å². The second kappa shape index (κ2) is 4.24. The van der Waals surface area contributed by atoms with Crippen LogP contribution in [-0.4, -0.2) is 24.4 Å². The van der Waals surface area contributed by atoms with Gasteiger partial charge in [-0.05, 0) is 25.2 Å². The summed E-state index contributed by atoms with van der Waals surface area (Å²) in [6.45, 7) is 2.83. The lowest BCUT2D eigenvalue weighted by atomic mass is 9.75. The molecule has 1 aliphatic rings. The zero-order valence-corrected chi connectivity index (χ0v) is 8.18. The van der Waals surface area contributed by atoms with E-state index in [0.717, 1.165) is 12.8 Å². The molecule has 2 atom stereocenters. The number of rotatable bonds is 3. The highest BCUT2D eigenvalue weighted by atomic mass is 16.5. The lowest BCUT2D eigenvalue weighted by Gasteiger charge is -2.38. The van der Waals surface area contributed by atoms with Gasteiger partial charge in [0.2, 0.25) is 0 Å². The summed E-state index contributed by atoms with van der Waals surface area (Å²) in [5.41, 5.74) is -0.436. The molecule has 2 nitrogen and oxygen atoms in total. The SMILES string of the molecule is COCCC1(O)CCCC[C@@H]1C. The molecule has 0 heterocycles. The molecule has 1 fully saturated rings. The Morgan fingerprint density at radius 1 is 1.50 bits per heavy atom. The number of ether oxygens (including phenoxy) is 1. The largest absolute Gasteiger partial charge is 0.390 e. The molecule has 12 heavy (non-hydrogen) atoms. The van der Waals surface area contributed by atoms with Crippen LogP contribution in [0.15, 0.2) is 0 Å². The summed E-state index contributed by atoms with van der Waals surface area (Å²) >= 11 is 0. The Balaban J connectivity index is 2.42. The topological polar surface area (TPSA) is 29.5 Å². The third kappa shape index (κ3) is 2.20. The van der Waals surface area contributed by atoms with Gasteiger partial charge >= 0.3 is 0 Å². The molecule has 1 N–H and O–H groups in total. The minimum Gasteiger partial charge on any atom is -0.390 e. The van der Waals surface area contributed by atoms with Gasteiger partial charge < -0.3 is 9.84 Å². The standard InChI is InChI=1S/C10H20O2/c1-9-5-3-4-6-10(9,11)7-8-12-2/h9,11H,3-8H2,1-2H3/t9-,10?/m0/s1. The van der Waals surface area contributed by atoms with E-state index in [9.17, 15) is 5.11 Å². The first kappa shape index (κ1) is 10.0. The van der Waals surface area contributed by atoms with Gasteiger partial charge in [0.25, 0.3) is 0 Å². The molecule has 0 spiro atoms. The van der Waals surface area contributed by atoms with E-state index in [-0.39, 0.29) is 0 Å². The van der Waals surface area contributed by atoms with Crippen LogP contribution in [0, 0.1) is 5.92 Å². The van der Waals surface area contributed by atoms with Crippen LogP contribution in [0.25, 0.3) is 0 Å². The fourth-order valence-electron chi connectivity index (χ4n) is 2.05. The summed E-state index contributed by atoms with van der Waals surface area (Å²) < 4.78 is 5.00. The summed E-state index contributed by atoms with van der Waals surface area (Å²) in [5.74, 6) is 0.446. The number of hydrogen-bond acceptors (Lipinski definition) is 2. The molecule has 0 bridgehead atoms. The first-order chi connectivity index (χ1) is 5.69. The maximum atomic E-state index is 10.2. The molecule has 0 aliphatic heterocycles. The van der Waals surface area contributed by atoms with Crippen molar-refractivity contribution in [3.05, 3.63) is 0 Å². The molecule has 1 unspecified atom stereocenters. The Hall–Kier alpha value is -0.0800. The molecule has 1 saturated carbocycles. The van der Waals surface area contributed by atoms with Crippen LogP contribution in [0.5, 0.6) is 0 Å². The molecule has 2 heteroatoms. The van der Waals surface area contributed by atoms with Crippen molar-refractivity contribution in [2.24, 2.45) is 5.92 Å². The zero-order chi connectivity index (χ0) is 9.03. The van der Waals surface area contributed by atoms with Crippen LogP contribution in [0.1, 0.15) is 39.0 Å². The van der Waals surface area contributed by atoms with E-state index in [4.69, 9.17) is 4.74 Å². The Labute approximate surface area is 74.9 Å². The highest BCUT2D eigenvalue weighted by Crippen LogP contribution is 2.35. The molecule has 1 rings (SSSR count). The van der Waals surface area contributed by atoms with Gasteiger partial charge in [0.1, 0.15) is 0 Å². The van der Waals surface area contributed by atoms with Gasteiger partial charge in [0.05, 0.1) is 5.60 Å². The van der Waals surface area contributed by atoms with Crippen molar-refractivity contribution < 1.29 is 9.84 Å². The highest BCUT2D eigenvalue weighted by Gasteiger charge is 2.35. The maximum absolute atomic E-state index is 10.2. The van der Waals surface area contributed by atoms with E-state index in [1.165, 1.54) is 19.3 Å². The molecule has 0 aromatic carbocycles. The van der Waals surface area contributed by atoms with Crippen LogP contribution in [0.4, 0.5) is 0 Å². The third-order valence-electron chi connectivity index (χ3n) is 3.15. The Morgan fingerprint density at radius 2 is 2.25 bits per heavy atom. The highest BCUT2D eigenvalue weighted by molar-refractivity contribution is 4.87. The second-order valence-electron chi connectivity index (χ2n) is 3.99. The van der Waals surface area contributed by atoms with E-state index in [2.05, 4.69) is 6.92 Å². The molecular formula is C10H20O2. The lowest BCUT2D eigenvalue weighted by Crippen LogP contribution is -2.40. The lowest BCUT2D eigenvalue weighted by molar-refractivity contribution is -0.0609. The molecule has 72 valence electrons. The predicted octanol–water partition coefficient (Wildman–Crippen LogP) is 1.96. The third-order valence-corrected chi connectivity index (χ3v) is 3.15. The smallest absolute Gasteiger partial charge is 0.0695 e. The van der Waals surface area contributed by atoms with Gasteiger partial charge in [-0.2, -0.15) is 0 Å². The summed E-state index contributed by atoms with van der Waals surface area (Å²) in [6, 6.07) is 0. The maximum Gasteiger partial charge on any atom is 0.0695 e. The molecule has 0 amide bonds. The molecule has 1 aliphatic carbocycles. The van der Waals surface area contributed by atoms with Crippen LogP contribution < -0.4 is 0 Å². The minimum atomic E-state index is -0.436. The quantitative estimate of drug-likeness (QED) is 0.705. The van der Waals surface area contributed by atoms with Gasteiger partial charge in [-0.1, -0.05) is 19.8 Å². The van der Waals surface area contributed by atoms with Crippen LogP contribution in [0.2, 0.25) is 0 Å². The fraction of sp³-hybridized carbons (Fsp3) is 1.00. The second-order valence-corrected chi connectivity index (χ2v) is 3.99. The fourth-order valence-corrected chi connectivity index (χ4v) is 2.05. The van der Waals surface area contributed by atoms with Crippen molar-refractivity contribution in [1.82, 2.24) is 0 Å². The first-order valence-electron chi connectivity index (χ1n) is 4.90.